The molecule has 2 N–H and O–H groups in total. The smallest absolute Gasteiger partial charge is 0.340 e. The van der Waals surface area contributed by atoms with Gasteiger partial charge in [0.15, 0.2) is 11.5 Å². The fourth-order valence-corrected chi connectivity index (χ4v) is 5.49. The van der Waals surface area contributed by atoms with Crippen molar-refractivity contribution in [2.75, 3.05) is 38.5 Å². The number of ether oxygens (including phenoxy) is 4. The molecule has 3 aromatic rings. The van der Waals surface area contributed by atoms with Gasteiger partial charge >= 0.3 is 5.97 Å². The highest BCUT2D eigenvalue weighted by molar-refractivity contribution is 7.93. The van der Waals surface area contributed by atoms with Gasteiger partial charge in [0.1, 0.15) is 26.2 Å². The molecule has 0 spiro atoms. The van der Waals surface area contributed by atoms with Gasteiger partial charge in [0.2, 0.25) is 5.75 Å². The first-order valence-electron chi connectivity index (χ1n) is 9.54. The van der Waals surface area contributed by atoms with Crippen LogP contribution in [0.4, 0.5) is 11.6 Å². The van der Waals surface area contributed by atoms with Gasteiger partial charge in [0, 0.05) is 6.07 Å². The Kier molecular flexibility index (Phi) is 7.77. The Labute approximate surface area is 209 Å². The van der Waals surface area contributed by atoms with Crippen LogP contribution in [0.1, 0.15) is 25.7 Å². The molecule has 15 heteroatoms. The minimum absolute atomic E-state index is 0.0207. The van der Waals surface area contributed by atoms with Crippen LogP contribution >= 0.6 is 22.9 Å². The molecule has 0 aliphatic rings. The van der Waals surface area contributed by atoms with Gasteiger partial charge in [-0.2, -0.15) is 0 Å². The molecule has 0 atom stereocenters. The van der Waals surface area contributed by atoms with Gasteiger partial charge in [-0.3, -0.25) is 4.79 Å². The van der Waals surface area contributed by atoms with Gasteiger partial charge in [-0.25, -0.2) is 17.9 Å². The van der Waals surface area contributed by atoms with Crippen LogP contribution in [0.5, 0.6) is 17.2 Å². The maximum absolute atomic E-state index is 13.2. The van der Waals surface area contributed by atoms with E-state index < -0.39 is 21.9 Å². The van der Waals surface area contributed by atoms with E-state index in [1.165, 1.54) is 45.8 Å². The molecule has 35 heavy (non-hydrogen) atoms. The van der Waals surface area contributed by atoms with Crippen molar-refractivity contribution >= 4 is 56.4 Å². The predicted octanol–water partition coefficient (Wildman–Crippen LogP) is 3.56. The van der Waals surface area contributed by atoms with Gasteiger partial charge in [0.05, 0.1) is 34.0 Å². The highest BCUT2D eigenvalue weighted by Gasteiger charge is 2.30. The first-order valence-corrected chi connectivity index (χ1v) is 12.3. The van der Waals surface area contributed by atoms with Crippen molar-refractivity contribution < 1.29 is 41.5 Å². The number of nitrogens with one attached hydrogen (secondary N) is 2. The monoisotopic (exact) mass is 545 g/mol. The van der Waals surface area contributed by atoms with E-state index in [-0.39, 0.29) is 54.9 Å². The van der Waals surface area contributed by atoms with Crippen molar-refractivity contribution in [3.05, 3.63) is 38.7 Å². The summed E-state index contributed by atoms with van der Waals surface area (Å²) in [6, 6.07) is 2.52. The van der Waals surface area contributed by atoms with Gasteiger partial charge < -0.3 is 28.8 Å². The lowest BCUT2D eigenvalue weighted by molar-refractivity contribution is 0.0601. The van der Waals surface area contributed by atoms with Crippen LogP contribution in [0.15, 0.2) is 26.9 Å². The quantitative estimate of drug-likeness (QED) is 0.381. The Morgan fingerprint density at radius 2 is 1.80 bits per heavy atom. The van der Waals surface area contributed by atoms with Crippen LogP contribution < -0.4 is 24.2 Å². The number of aromatic nitrogens is 1. The summed E-state index contributed by atoms with van der Waals surface area (Å²) in [5.41, 5.74) is 0.0579. The minimum Gasteiger partial charge on any atom is -0.493 e. The minimum atomic E-state index is -4.30. The van der Waals surface area contributed by atoms with Gasteiger partial charge in [-0.05, 0) is 18.4 Å². The van der Waals surface area contributed by atoms with Crippen LogP contribution in [0.25, 0.3) is 0 Å². The van der Waals surface area contributed by atoms with E-state index in [0.29, 0.717) is 0 Å². The summed E-state index contributed by atoms with van der Waals surface area (Å²) in [5, 5.41) is 7.50. The molecule has 0 unspecified atom stereocenters. The molecule has 0 aliphatic heterocycles. The molecule has 3 rings (SSSR count). The number of benzene rings is 1. The zero-order chi connectivity index (χ0) is 25.9. The number of amides is 1. The van der Waals surface area contributed by atoms with Crippen LogP contribution in [-0.4, -0.2) is 53.9 Å². The number of aryl methyl sites for hydroxylation is 1. The van der Waals surface area contributed by atoms with E-state index in [9.17, 15) is 18.0 Å². The third-order valence-corrected chi connectivity index (χ3v) is 7.48. The number of halogens is 1. The van der Waals surface area contributed by atoms with Crippen molar-refractivity contribution in [3.8, 4) is 17.2 Å². The molecule has 188 valence electrons. The van der Waals surface area contributed by atoms with Crippen LogP contribution in [0.2, 0.25) is 5.02 Å². The fraction of sp³-hybridized carbons (Fsp3) is 0.250. The summed E-state index contributed by atoms with van der Waals surface area (Å²) in [5.74, 6) is -1.76. The second kappa shape index (κ2) is 10.4. The summed E-state index contributed by atoms with van der Waals surface area (Å²) < 4.78 is 53.7. The average Bonchev–Trinajstić information content (AvgIpc) is 3.46. The SMILES string of the molecule is COC(=O)c1cc(OC)c(OC)c(OC)c1NC(=O)c1sccc1S(=O)(=O)Nc1onc(C)c1Cl. The number of carbonyl (C=O) groups is 2. The van der Waals surface area contributed by atoms with Crippen molar-refractivity contribution in [1.29, 1.82) is 0 Å². The summed E-state index contributed by atoms with van der Waals surface area (Å²) in [6.45, 7) is 1.53. The summed E-state index contributed by atoms with van der Waals surface area (Å²) in [4.78, 5) is 25.1. The molecule has 0 saturated carbocycles. The lowest BCUT2D eigenvalue weighted by atomic mass is 10.1. The number of hydrogen-bond donors (Lipinski definition) is 2. The van der Waals surface area contributed by atoms with E-state index in [1.807, 2.05) is 0 Å². The maximum Gasteiger partial charge on any atom is 0.340 e. The second-order valence-electron chi connectivity index (χ2n) is 6.64. The highest BCUT2D eigenvalue weighted by Crippen LogP contribution is 2.45. The van der Waals surface area contributed by atoms with Crippen molar-refractivity contribution in [3.63, 3.8) is 0 Å². The molecule has 2 heterocycles. The first kappa shape index (κ1) is 26.1. The molecule has 0 bridgehead atoms. The molecule has 12 nitrogen and oxygen atoms in total. The van der Waals surface area contributed by atoms with E-state index in [0.717, 1.165) is 18.4 Å². The molecule has 0 fully saturated rings. The Bertz CT molecular complexity index is 1380. The van der Waals surface area contributed by atoms with Gasteiger partial charge in [0.25, 0.3) is 21.8 Å². The number of carbonyl (C=O) groups excluding carboxylic acids is 2. The zero-order valence-electron chi connectivity index (χ0n) is 19.0. The standard InChI is InChI=1S/C20H20ClN3O9S2/c1-9-13(21)19(33-23-9)24-35(27,28)12-6-7-34-17(12)18(25)22-14-10(20(26)32-5)8-11(29-2)15(30-3)16(14)31-4/h6-8,24H,1-5H3,(H,22,25). The number of hydrogen-bond acceptors (Lipinski definition) is 11. The number of esters is 1. The molecule has 2 aromatic heterocycles. The van der Waals surface area contributed by atoms with Crippen LogP contribution in [-0.2, 0) is 14.8 Å². The highest BCUT2D eigenvalue weighted by atomic mass is 35.5. The summed E-state index contributed by atoms with van der Waals surface area (Å²) >= 11 is 6.85. The molecule has 0 aliphatic carbocycles. The molecular formula is C20H20ClN3O9S2. The Hall–Kier alpha value is -3.49. The lowest BCUT2D eigenvalue weighted by Gasteiger charge is -2.19. The number of nitrogens with zero attached hydrogens (tertiary/aromatic N) is 1. The van der Waals surface area contributed by atoms with Gasteiger partial charge in [-0.15, -0.1) is 11.3 Å². The largest absolute Gasteiger partial charge is 0.493 e. The summed E-state index contributed by atoms with van der Waals surface area (Å²) in [7, 11) is 0.845. The van der Waals surface area contributed by atoms with Crippen molar-refractivity contribution in [2.24, 2.45) is 0 Å². The second-order valence-corrected chi connectivity index (χ2v) is 9.59. The third-order valence-electron chi connectivity index (χ3n) is 4.62. The molecule has 0 radical (unpaired) electrons. The normalized spacial score (nSPS) is 11.0. The Morgan fingerprint density at radius 3 is 2.34 bits per heavy atom. The number of rotatable bonds is 9. The predicted molar refractivity (Wildman–Crippen MR) is 127 cm³/mol. The number of methoxy groups -OCH3 is 4. The van der Waals surface area contributed by atoms with E-state index in [4.69, 9.17) is 35.1 Å². The maximum atomic E-state index is 13.2. The van der Waals surface area contributed by atoms with E-state index >= 15 is 0 Å². The Balaban J connectivity index is 2.05. The molecule has 0 saturated heterocycles. The van der Waals surface area contributed by atoms with Crippen molar-refractivity contribution in [1.82, 2.24) is 5.16 Å². The van der Waals surface area contributed by atoms with Crippen molar-refractivity contribution in [2.45, 2.75) is 11.8 Å². The fourth-order valence-electron chi connectivity index (χ4n) is 3.00. The molecular weight excluding hydrogens is 526 g/mol. The van der Waals surface area contributed by atoms with Crippen LogP contribution in [0, 0.1) is 6.92 Å². The van der Waals surface area contributed by atoms with Crippen LogP contribution in [0.3, 0.4) is 0 Å². The number of anilines is 2. The number of thiophene rings is 1. The lowest BCUT2D eigenvalue weighted by Crippen LogP contribution is -2.20. The van der Waals surface area contributed by atoms with E-state index in [2.05, 4.69) is 15.2 Å². The zero-order valence-corrected chi connectivity index (χ0v) is 21.4. The van der Waals surface area contributed by atoms with E-state index in [1.54, 1.807) is 0 Å². The number of sulfonamides is 1. The molecule has 1 amide bonds. The third kappa shape index (κ3) is 4.99. The first-order chi connectivity index (χ1) is 16.6. The average molecular weight is 546 g/mol. The topological polar surface area (TPSA) is 155 Å². The summed E-state index contributed by atoms with van der Waals surface area (Å²) in [6.07, 6.45) is 0. The Morgan fingerprint density at radius 1 is 1.11 bits per heavy atom. The van der Waals surface area contributed by atoms with Gasteiger partial charge in [-0.1, -0.05) is 16.8 Å². The molecule has 1 aromatic carbocycles.